The molecule has 0 aliphatic rings. The van der Waals surface area contributed by atoms with Gasteiger partial charge in [0.05, 0.1) is 0 Å². The number of carbonyl (C=O) groups is 1. The largest absolute Gasteiger partial charge is 0.468 e. The first-order chi connectivity index (χ1) is 10.2. The number of hydrogen-bond acceptors (Lipinski definition) is 5. The van der Waals surface area contributed by atoms with Crippen LogP contribution in [0.15, 0.2) is 48.5 Å². The van der Waals surface area contributed by atoms with E-state index in [-0.39, 0.29) is 5.91 Å². The number of carbonyl (C=O) groups excluding carboxylic acids is 1. The monoisotopic (exact) mass is 289 g/mol. The topological polar surface area (TPSA) is 88.0 Å². The van der Waals surface area contributed by atoms with Crippen molar-refractivity contribution in [1.82, 2.24) is 0 Å². The average molecular weight is 289 g/mol. The van der Waals surface area contributed by atoms with Gasteiger partial charge in [-0.1, -0.05) is 0 Å². The van der Waals surface area contributed by atoms with Crippen LogP contribution in [-0.2, 0) is 0 Å². The van der Waals surface area contributed by atoms with Gasteiger partial charge in [-0.25, -0.2) is 0 Å². The molecule has 110 valence electrons. The number of nitrogens with one attached hydrogen (secondary N) is 1. The molecule has 0 bridgehead atoms. The molecule has 0 atom stereocenters. The highest BCUT2D eigenvalue weighted by atomic mass is 16.6. The zero-order chi connectivity index (χ0) is 15.1. The first-order valence-corrected chi connectivity index (χ1v) is 6.21. The van der Waals surface area contributed by atoms with E-state index in [1.54, 1.807) is 48.5 Å². The third-order valence-electron chi connectivity index (χ3n) is 2.69. The molecule has 1 amide bonds. The second-order valence-corrected chi connectivity index (χ2v) is 4.05. The number of anilines is 1. The Balaban J connectivity index is 2.00. The minimum absolute atomic E-state index is 0.263. The first-order valence-electron chi connectivity index (χ1n) is 6.21. The smallest absolute Gasteiger partial charge is 0.255 e. The van der Waals surface area contributed by atoms with Crippen molar-refractivity contribution in [2.45, 2.75) is 0 Å². The molecule has 0 heterocycles. The molecule has 0 unspecified atom stereocenters. The molecule has 3 N–H and O–H groups in total. The van der Waals surface area contributed by atoms with E-state index in [0.717, 1.165) is 0 Å². The van der Waals surface area contributed by atoms with Crippen molar-refractivity contribution in [3.8, 4) is 11.5 Å². The van der Waals surface area contributed by atoms with Crippen LogP contribution in [0.1, 0.15) is 10.4 Å². The van der Waals surface area contributed by atoms with Crippen LogP contribution in [0.2, 0.25) is 0 Å². The fourth-order valence-corrected chi connectivity index (χ4v) is 1.69. The molecule has 6 nitrogen and oxygen atoms in total. The van der Waals surface area contributed by atoms with Gasteiger partial charge in [0.25, 0.3) is 5.91 Å². The molecule has 0 spiro atoms. The Kier molecular flexibility index (Phi) is 5.14. The molecule has 0 saturated heterocycles. The fraction of sp³-hybridized carbons (Fsp3) is 0.133. The van der Waals surface area contributed by atoms with E-state index in [1.165, 1.54) is 0 Å². The Bertz CT molecular complexity index is 580. The van der Waals surface area contributed by atoms with Crippen LogP contribution in [0.4, 0.5) is 5.69 Å². The number of ether oxygens (including phenoxy) is 2. The lowest BCUT2D eigenvalue weighted by molar-refractivity contribution is 0.0979. The molecule has 0 fully saturated rings. The summed E-state index contributed by atoms with van der Waals surface area (Å²) >= 11 is 0. The summed E-state index contributed by atoms with van der Waals surface area (Å²) in [4.78, 5) is 12.0. The van der Waals surface area contributed by atoms with E-state index in [0.29, 0.717) is 22.7 Å². The van der Waals surface area contributed by atoms with Gasteiger partial charge in [0.15, 0.2) is 13.6 Å². The minimum atomic E-state index is -0.409. The third-order valence-corrected chi connectivity index (χ3v) is 2.69. The summed E-state index contributed by atoms with van der Waals surface area (Å²) in [7, 11) is 0. The van der Waals surface area contributed by atoms with Crippen molar-refractivity contribution in [3.05, 3.63) is 54.1 Å². The highest BCUT2D eigenvalue weighted by molar-refractivity contribution is 6.04. The van der Waals surface area contributed by atoms with Crippen molar-refractivity contribution in [3.63, 3.8) is 0 Å². The van der Waals surface area contributed by atoms with Crippen LogP contribution >= 0.6 is 0 Å². The molecular formula is C15H15NO5. The lowest BCUT2D eigenvalue weighted by Gasteiger charge is -2.07. The number of hydrogen-bond donors (Lipinski definition) is 3. The van der Waals surface area contributed by atoms with Gasteiger partial charge in [0, 0.05) is 11.3 Å². The van der Waals surface area contributed by atoms with Gasteiger partial charge in [-0.3, -0.25) is 4.79 Å². The average Bonchev–Trinajstić information content (AvgIpc) is 2.50. The number of rotatable bonds is 6. The SMILES string of the molecule is O=C(Nc1ccc(OCO)cc1)c1ccc(OCO)cc1. The second kappa shape index (κ2) is 7.28. The van der Waals surface area contributed by atoms with Crippen LogP contribution in [0.25, 0.3) is 0 Å². The van der Waals surface area contributed by atoms with Crippen molar-refractivity contribution < 1.29 is 24.5 Å². The highest BCUT2D eigenvalue weighted by Crippen LogP contribution is 2.17. The van der Waals surface area contributed by atoms with Gasteiger partial charge in [0.2, 0.25) is 0 Å². The Morgan fingerprint density at radius 1 is 0.857 bits per heavy atom. The van der Waals surface area contributed by atoms with Gasteiger partial charge in [-0.2, -0.15) is 0 Å². The Hall–Kier alpha value is -2.57. The van der Waals surface area contributed by atoms with Gasteiger partial charge in [-0.05, 0) is 48.5 Å². The maximum atomic E-state index is 12.0. The van der Waals surface area contributed by atoms with Crippen molar-refractivity contribution in [1.29, 1.82) is 0 Å². The van der Waals surface area contributed by atoms with E-state index in [2.05, 4.69) is 5.32 Å². The minimum Gasteiger partial charge on any atom is -0.468 e. The Morgan fingerprint density at radius 2 is 1.33 bits per heavy atom. The van der Waals surface area contributed by atoms with Crippen LogP contribution in [0, 0.1) is 0 Å². The van der Waals surface area contributed by atoms with E-state index in [1.807, 2.05) is 0 Å². The number of aliphatic hydroxyl groups is 2. The molecule has 2 aromatic carbocycles. The standard InChI is InChI=1S/C15H15NO5/c17-9-20-13-5-1-11(2-6-13)15(19)16-12-3-7-14(8-4-12)21-10-18/h1-8,17-18H,9-10H2,(H,16,19). The zero-order valence-electron chi connectivity index (χ0n) is 11.2. The van der Waals surface area contributed by atoms with Crippen molar-refractivity contribution in [2.75, 3.05) is 18.9 Å². The predicted octanol–water partition coefficient (Wildman–Crippen LogP) is 1.60. The van der Waals surface area contributed by atoms with Gasteiger partial charge in [-0.15, -0.1) is 0 Å². The zero-order valence-corrected chi connectivity index (χ0v) is 11.2. The molecule has 6 heteroatoms. The highest BCUT2D eigenvalue weighted by Gasteiger charge is 2.06. The van der Waals surface area contributed by atoms with E-state index in [4.69, 9.17) is 19.7 Å². The van der Waals surface area contributed by atoms with Crippen molar-refractivity contribution >= 4 is 11.6 Å². The van der Waals surface area contributed by atoms with E-state index >= 15 is 0 Å². The maximum absolute atomic E-state index is 12.0. The molecule has 2 aromatic rings. The summed E-state index contributed by atoms with van der Waals surface area (Å²) in [5.74, 6) is 0.738. The third kappa shape index (κ3) is 4.20. The Labute approximate surface area is 121 Å². The van der Waals surface area contributed by atoms with Crippen LogP contribution in [-0.4, -0.2) is 29.7 Å². The summed E-state index contributed by atoms with van der Waals surface area (Å²) in [5, 5.41) is 20.0. The number of benzene rings is 2. The van der Waals surface area contributed by atoms with Crippen molar-refractivity contribution in [2.24, 2.45) is 0 Å². The van der Waals surface area contributed by atoms with Crippen LogP contribution < -0.4 is 14.8 Å². The lowest BCUT2D eigenvalue weighted by Crippen LogP contribution is -2.11. The predicted molar refractivity (Wildman–Crippen MR) is 76.3 cm³/mol. The van der Waals surface area contributed by atoms with Gasteiger partial charge < -0.3 is 25.0 Å². The van der Waals surface area contributed by atoms with Gasteiger partial charge in [0.1, 0.15) is 11.5 Å². The molecule has 2 rings (SSSR count). The first kappa shape index (κ1) is 14.8. The second-order valence-electron chi connectivity index (χ2n) is 4.05. The summed E-state index contributed by atoms with van der Waals surface area (Å²) in [5.41, 5.74) is 1.08. The summed E-state index contributed by atoms with van der Waals surface area (Å²) in [6.07, 6.45) is 0. The molecule has 0 radical (unpaired) electrons. The number of amides is 1. The van der Waals surface area contributed by atoms with Crippen LogP contribution in [0.5, 0.6) is 11.5 Å². The van der Waals surface area contributed by atoms with Crippen LogP contribution in [0.3, 0.4) is 0 Å². The van der Waals surface area contributed by atoms with Gasteiger partial charge >= 0.3 is 0 Å². The van der Waals surface area contributed by atoms with E-state index in [9.17, 15) is 4.79 Å². The Morgan fingerprint density at radius 3 is 1.81 bits per heavy atom. The molecule has 21 heavy (non-hydrogen) atoms. The molecular weight excluding hydrogens is 274 g/mol. The quantitative estimate of drug-likeness (QED) is 0.703. The lowest BCUT2D eigenvalue weighted by atomic mass is 10.2. The normalized spacial score (nSPS) is 10.0. The summed E-state index contributed by atoms with van der Waals surface area (Å²) < 4.78 is 9.78. The summed E-state index contributed by atoms with van der Waals surface area (Å²) in [6.45, 7) is -0.804. The molecule has 0 saturated carbocycles. The molecule has 0 aliphatic carbocycles. The maximum Gasteiger partial charge on any atom is 0.255 e. The molecule has 0 aromatic heterocycles. The molecule has 0 aliphatic heterocycles. The summed E-state index contributed by atoms with van der Waals surface area (Å²) in [6, 6.07) is 13.0. The van der Waals surface area contributed by atoms with E-state index < -0.39 is 13.6 Å². The number of aliphatic hydroxyl groups excluding tert-OH is 2. The fourth-order valence-electron chi connectivity index (χ4n) is 1.69.